The molecule has 1 saturated heterocycles. The van der Waals surface area contributed by atoms with E-state index in [2.05, 4.69) is 20.2 Å². The second kappa shape index (κ2) is 7.17. The molecule has 1 fully saturated rings. The van der Waals surface area contributed by atoms with Gasteiger partial charge in [-0.3, -0.25) is 0 Å². The highest BCUT2D eigenvalue weighted by Crippen LogP contribution is 2.31. The number of hydrogen-bond acceptors (Lipinski definition) is 4. The summed E-state index contributed by atoms with van der Waals surface area (Å²) in [4.78, 5) is 10.1. The topological polar surface area (TPSA) is 41.0 Å². The van der Waals surface area contributed by atoms with Crippen LogP contribution in [0.2, 0.25) is 5.02 Å². The molecular formula is C17H18ClF3N4. The van der Waals surface area contributed by atoms with Gasteiger partial charge in [-0.25, -0.2) is 9.97 Å². The fourth-order valence-electron chi connectivity index (χ4n) is 2.76. The number of hydrogen-bond donors (Lipinski definition) is 1. The highest BCUT2D eigenvalue weighted by Gasteiger charge is 2.34. The van der Waals surface area contributed by atoms with Gasteiger partial charge in [0.25, 0.3) is 0 Å². The van der Waals surface area contributed by atoms with Gasteiger partial charge in [0.2, 0.25) is 5.95 Å². The van der Waals surface area contributed by atoms with Crippen LogP contribution in [0.3, 0.4) is 0 Å². The Bertz CT molecular complexity index is 726. The van der Waals surface area contributed by atoms with Gasteiger partial charge in [-0.05, 0) is 51.2 Å². The first-order valence-electron chi connectivity index (χ1n) is 7.98. The number of alkyl halides is 3. The van der Waals surface area contributed by atoms with E-state index < -0.39 is 11.9 Å². The minimum Gasteiger partial charge on any atom is -0.351 e. The third-order valence-corrected chi connectivity index (χ3v) is 4.46. The van der Waals surface area contributed by atoms with Gasteiger partial charge in [-0.1, -0.05) is 23.7 Å². The molecule has 0 saturated carbocycles. The van der Waals surface area contributed by atoms with E-state index in [1.54, 1.807) is 24.3 Å². The molecule has 0 spiro atoms. The molecule has 134 valence electrons. The molecule has 2 aromatic rings. The minimum absolute atomic E-state index is 0.00864. The summed E-state index contributed by atoms with van der Waals surface area (Å²) in [7, 11) is 2.02. The van der Waals surface area contributed by atoms with Gasteiger partial charge in [-0.2, -0.15) is 13.2 Å². The van der Waals surface area contributed by atoms with Gasteiger partial charge in [0, 0.05) is 16.6 Å². The van der Waals surface area contributed by atoms with Gasteiger partial charge >= 0.3 is 6.18 Å². The van der Waals surface area contributed by atoms with E-state index in [0.29, 0.717) is 10.6 Å². The van der Waals surface area contributed by atoms with Crippen molar-refractivity contribution in [1.29, 1.82) is 0 Å². The second-order valence-corrected chi connectivity index (χ2v) is 6.63. The molecule has 1 N–H and O–H groups in total. The molecule has 0 atom stereocenters. The SMILES string of the molecule is CN1CCC(Nc2nc(-c3ccc(Cl)cc3)cc(C(F)(F)F)n2)CC1. The molecule has 4 nitrogen and oxygen atoms in total. The largest absolute Gasteiger partial charge is 0.433 e. The van der Waals surface area contributed by atoms with Crippen LogP contribution >= 0.6 is 11.6 Å². The first-order valence-corrected chi connectivity index (χ1v) is 8.36. The van der Waals surface area contributed by atoms with E-state index in [1.807, 2.05) is 7.05 Å². The maximum absolute atomic E-state index is 13.2. The highest BCUT2D eigenvalue weighted by molar-refractivity contribution is 6.30. The first-order chi connectivity index (χ1) is 11.8. The van der Waals surface area contributed by atoms with E-state index in [9.17, 15) is 13.2 Å². The quantitative estimate of drug-likeness (QED) is 0.873. The Morgan fingerprint density at radius 1 is 1.12 bits per heavy atom. The Labute approximate surface area is 149 Å². The summed E-state index contributed by atoms with van der Waals surface area (Å²) in [5, 5.41) is 3.57. The summed E-state index contributed by atoms with van der Waals surface area (Å²) in [6.07, 6.45) is -2.86. The molecule has 0 bridgehead atoms. The zero-order chi connectivity index (χ0) is 18.0. The summed E-state index contributed by atoms with van der Waals surface area (Å²) < 4.78 is 39.6. The lowest BCUT2D eigenvalue weighted by atomic mass is 10.1. The van der Waals surface area contributed by atoms with Crippen molar-refractivity contribution < 1.29 is 13.2 Å². The van der Waals surface area contributed by atoms with Crippen LogP contribution in [0.5, 0.6) is 0 Å². The monoisotopic (exact) mass is 370 g/mol. The van der Waals surface area contributed by atoms with Crippen LogP contribution < -0.4 is 5.32 Å². The molecule has 3 rings (SSSR count). The number of rotatable bonds is 3. The average Bonchev–Trinajstić information content (AvgIpc) is 2.56. The van der Waals surface area contributed by atoms with E-state index in [1.165, 1.54) is 0 Å². The van der Waals surface area contributed by atoms with Crippen molar-refractivity contribution in [1.82, 2.24) is 14.9 Å². The third-order valence-electron chi connectivity index (χ3n) is 4.21. The average molecular weight is 371 g/mol. The van der Waals surface area contributed by atoms with Crippen molar-refractivity contribution in [2.24, 2.45) is 0 Å². The van der Waals surface area contributed by atoms with Crippen LogP contribution in [0.25, 0.3) is 11.3 Å². The number of halogens is 4. The Kier molecular flexibility index (Phi) is 5.15. The van der Waals surface area contributed by atoms with E-state index >= 15 is 0 Å². The van der Waals surface area contributed by atoms with E-state index in [-0.39, 0.29) is 17.7 Å². The number of piperidine rings is 1. The van der Waals surface area contributed by atoms with E-state index in [4.69, 9.17) is 11.6 Å². The Morgan fingerprint density at radius 3 is 2.36 bits per heavy atom. The lowest BCUT2D eigenvalue weighted by molar-refractivity contribution is -0.141. The number of likely N-dealkylation sites (tertiary alicyclic amines) is 1. The van der Waals surface area contributed by atoms with Crippen molar-refractivity contribution in [2.45, 2.75) is 25.1 Å². The molecule has 8 heteroatoms. The predicted octanol–water partition coefficient (Wildman–Crippen LogP) is 4.32. The van der Waals surface area contributed by atoms with Crippen molar-refractivity contribution in [3.8, 4) is 11.3 Å². The zero-order valence-corrected chi connectivity index (χ0v) is 14.4. The van der Waals surface area contributed by atoms with Gasteiger partial charge in [0.15, 0.2) is 5.69 Å². The van der Waals surface area contributed by atoms with E-state index in [0.717, 1.165) is 32.0 Å². The lowest BCUT2D eigenvalue weighted by Gasteiger charge is -2.29. The molecule has 25 heavy (non-hydrogen) atoms. The number of nitrogens with one attached hydrogen (secondary N) is 1. The normalized spacial score (nSPS) is 16.8. The molecule has 1 aromatic heterocycles. The summed E-state index contributed by atoms with van der Waals surface area (Å²) in [5.41, 5.74) is -0.180. The number of anilines is 1. The Hall–Kier alpha value is -1.86. The molecule has 0 radical (unpaired) electrons. The van der Waals surface area contributed by atoms with Gasteiger partial charge in [0.05, 0.1) is 5.69 Å². The molecule has 0 amide bonds. The standard InChI is InChI=1S/C17H18ClF3N4/c1-25-8-6-13(7-9-25)22-16-23-14(10-15(24-16)17(19,20)21)11-2-4-12(18)5-3-11/h2-5,10,13H,6-9H2,1H3,(H,22,23,24). The van der Waals surface area contributed by atoms with Crippen molar-refractivity contribution in [3.05, 3.63) is 41.0 Å². The van der Waals surface area contributed by atoms with Crippen LogP contribution in [0, 0.1) is 0 Å². The molecule has 0 aliphatic carbocycles. The maximum atomic E-state index is 13.2. The summed E-state index contributed by atoms with van der Waals surface area (Å²) in [6, 6.07) is 7.56. The predicted molar refractivity (Wildman–Crippen MR) is 91.6 cm³/mol. The highest BCUT2D eigenvalue weighted by atomic mass is 35.5. The van der Waals surface area contributed by atoms with Crippen LogP contribution in [0.1, 0.15) is 18.5 Å². The van der Waals surface area contributed by atoms with Crippen molar-refractivity contribution >= 4 is 17.5 Å². The molecule has 2 heterocycles. The Morgan fingerprint density at radius 2 is 1.76 bits per heavy atom. The zero-order valence-electron chi connectivity index (χ0n) is 13.6. The smallest absolute Gasteiger partial charge is 0.351 e. The Balaban J connectivity index is 1.91. The summed E-state index contributed by atoms with van der Waals surface area (Å²) >= 11 is 5.85. The lowest BCUT2D eigenvalue weighted by Crippen LogP contribution is -2.37. The third kappa shape index (κ3) is 4.61. The van der Waals surface area contributed by atoms with Crippen molar-refractivity contribution in [2.75, 3.05) is 25.5 Å². The molecule has 0 unspecified atom stereocenters. The molecule has 1 aliphatic heterocycles. The van der Waals surface area contributed by atoms with Gasteiger partial charge < -0.3 is 10.2 Å². The fourth-order valence-corrected chi connectivity index (χ4v) is 2.89. The maximum Gasteiger partial charge on any atom is 0.433 e. The van der Waals surface area contributed by atoms with Crippen LogP contribution in [0.15, 0.2) is 30.3 Å². The number of aromatic nitrogens is 2. The van der Waals surface area contributed by atoms with Crippen LogP contribution in [-0.2, 0) is 6.18 Å². The van der Waals surface area contributed by atoms with Crippen LogP contribution in [0.4, 0.5) is 19.1 Å². The van der Waals surface area contributed by atoms with Crippen LogP contribution in [-0.4, -0.2) is 41.0 Å². The molecule has 1 aliphatic rings. The number of nitrogens with zero attached hydrogens (tertiary/aromatic N) is 3. The molecule has 1 aromatic carbocycles. The van der Waals surface area contributed by atoms with Gasteiger partial charge in [0.1, 0.15) is 0 Å². The first kappa shape index (κ1) is 17.9. The van der Waals surface area contributed by atoms with Gasteiger partial charge in [-0.15, -0.1) is 0 Å². The summed E-state index contributed by atoms with van der Waals surface area (Å²) in [5.74, 6) is 0.00864. The fraction of sp³-hybridized carbons (Fsp3) is 0.412. The molecular weight excluding hydrogens is 353 g/mol. The minimum atomic E-state index is -4.53. The van der Waals surface area contributed by atoms with Crippen molar-refractivity contribution in [3.63, 3.8) is 0 Å². The second-order valence-electron chi connectivity index (χ2n) is 6.19. The summed E-state index contributed by atoms with van der Waals surface area (Å²) in [6.45, 7) is 1.78. The number of benzene rings is 1.